The van der Waals surface area contributed by atoms with Gasteiger partial charge in [-0.1, -0.05) is 6.92 Å². The molecule has 1 unspecified atom stereocenters. The van der Waals surface area contributed by atoms with E-state index in [1.807, 2.05) is 25.1 Å². The van der Waals surface area contributed by atoms with E-state index in [0.29, 0.717) is 12.3 Å². The number of amides is 1. The van der Waals surface area contributed by atoms with Crippen LogP contribution in [-0.4, -0.2) is 35.3 Å². The van der Waals surface area contributed by atoms with Crippen LogP contribution in [0.1, 0.15) is 48.7 Å². The maximum absolute atomic E-state index is 13.1. The second-order valence-electron chi connectivity index (χ2n) is 6.92. The van der Waals surface area contributed by atoms with Crippen LogP contribution >= 0.6 is 0 Å². The van der Waals surface area contributed by atoms with Crippen molar-refractivity contribution in [2.24, 2.45) is 5.92 Å². The lowest BCUT2D eigenvalue weighted by atomic mass is 10.1. The van der Waals surface area contributed by atoms with Crippen LogP contribution < -0.4 is 10.1 Å². The van der Waals surface area contributed by atoms with Gasteiger partial charge in [0.2, 0.25) is 0 Å². The zero-order valence-electron chi connectivity index (χ0n) is 15.3. The van der Waals surface area contributed by atoms with E-state index in [2.05, 4.69) is 16.8 Å². The average Bonchev–Trinajstić information content (AvgIpc) is 3.41. The van der Waals surface area contributed by atoms with Gasteiger partial charge in [-0.2, -0.15) is 0 Å². The predicted molar refractivity (Wildman–Crippen MR) is 99.2 cm³/mol. The molecule has 0 saturated heterocycles. The van der Waals surface area contributed by atoms with Crippen molar-refractivity contribution in [1.29, 1.82) is 0 Å². The fourth-order valence-electron chi connectivity index (χ4n) is 3.69. The number of carbonyl (C=O) groups excluding carboxylic acids is 1. The smallest absolute Gasteiger partial charge is 0.253 e. The third-order valence-electron chi connectivity index (χ3n) is 5.15. The van der Waals surface area contributed by atoms with Gasteiger partial charge < -0.3 is 19.7 Å². The third kappa shape index (κ3) is 3.52. The minimum Gasteiger partial charge on any atom is -0.497 e. The number of ether oxygens (including phenoxy) is 1. The zero-order valence-corrected chi connectivity index (χ0v) is 15.3. The lowest BCUT2D eigenvalue weighted by Gasteiger charge is -2.17. The Kier molecular flexibility index (Phi) is 5.33. The summed E-state index contributed by atoms with van der Waals surface area (Å²) in [6.45, 7) is 5.13. The Labute approximate surface area is 149 Å². The van der Waals surface area contributed by atoms with Gasteiger partial charge in [0.1, 0.15) is 5.75 Å². The van der Waals surface area contributed by atoms with E-state index >= 15 is 0 Å². The predicted octanol–water partition coefficient (Wildman–Crippen LogP) is 3.26. The number of hydrogen-bond acceptors (Lipinski definition) is 3. The van der Waals surface area contributed by atoms with Gasteiger partial charge >= 0.3 is 0 Å². The fourth-order valence-corrected chi connectivity index (χ4v) is 3.69. The summed E-state index contributed by atoms with van der Waals surface area (Å²) in [5.74, 6) is 1.22. The molecule has 2 aromatic rings. The summed E-state index contributed by atoms with van der Waals surface area (Å²) in [6, 6.07) is 5.97. The molecule has 1 amide bonds. The molecule has 1 atom stereocenters. The Bertz CT molecular complexity index is 762. The number of rotatable bonds is 8. The first-order chi connectivity index (χ1) is 12.1. The third-order valence-corrected chi connectivity index (χ3v) is 5.15. The molecule has 1 aliphatic carbocycles. The second-order valence-corrected chi connectivity index (χ2v) is 6.92. The van der Waals surface area contributed by atoms with Gasteiger partial charge in [-0.3, -0.25) is 4.79 Å². The monoisotopic (exact) mass is 344 g/mol. The van der Waals surface area contributed by atoms with Gasteiger partial charge in [0.15, 0.2) is 0 Å². The molecule has 3 rings (SSSR count). The summed E-state index contributed by atoms with van der Waals surface area (Å²) >= 11 is 0. The lowest BCUT2D eigenvalue weighted by molar-refractivity contribution is 0.0925. The maximum Gasteiger partial charge on any atom is 0.253 e. The van der Waals surface area contributed by atoms with Crippen molar-refractivity contribution in [3.05, 3.63) is 29.5 Å². The van der Waals surface area contributed by atoms with Crippen LogP contribution in [-0.2, 0) is 6.54 Å². The summed E-state index contributed by atoms with van der Waals surface area (Å²) in [6.07, 6.45) is 3.89. The van der Waals surface area contributed by atoms with E-state index in [1.54, 1.807) is 7.11 Å². The molecule has 0 radical (unpaired) electrons. The molecule has 0 aliphatic heterocycles. The van der Waals surface area contributed by atoms with E-state index in [0.717, 1.165) is 53.7 Å². The molecule has 1 aliphatic rings. The first kappa shape index (κ1) is 17.8. The SMILES string of the molecule is CCCn1c(C)c(C(=O)NC(CCO)C2CC2)c2cc(OC)ccc21. The minimum atomic E-state index is -0.0454. The summed E-state index contributed by atoms with van der Waals surface area (Å²) in [5, 5.41) is 13.4. The van der Waals surface area contributed by atoms with Crippen molar-refractivity contribution in [2.75, 3.05) is 13.7 Å². The summed E-state index contributed by atoms with van der Waals surface area (Å²) in [4.78, 5) is 13.1. The number of nitrogens with zero attached hydrogens (tertiary/aromatic N) is 1. The van der Waals surface area contributed by atoms with E-state index in [4.69, 9.17) is 4.74 Å². The molecule has 0 bridgehead atoms. The molecular weight excluding hydrogens is 316 g/mol. The number of aromatic nitrogens is 1. The Balaban J connectivity index is 2.00. The quantitative estimate of drug-likeness (QED) is 0.772. The molecule has 0 spiro atoms. The van der Waals surface area contributed by atoms with Crippen molar-refractivity contribution in [1.82, 2.24) is 9.88 Å². The molecule has 1 saturated carbocycles. The number of aryl methyl sites for hydroxylation is 1. The molecule has 1 fully saturated rings. The summed E-state index contributed by atoms with van der Waals surface area (Å²) in [7, 11) is 1.64. The highest BCUT2D eigenvalue weighted by Gasteiger charge is 2.33. The number of aliphatic hydroxyl groups is 1. The minimum absolute atomic E-state index is 0.0454. The Morgan fingerprint density at radius 3 is 2.80 bits per heavy atom. The summed E-state index contributed by atoms with van der Waals surface area (Å²) < 4.78 is 7.57. The largest absolute Gasteiger partial charge is 0.497 e. The van der Waals surface area contributed by atoms with Crippen LogP contribution in [0.15, 0.2) is 18.2 Å². The topological polar surface area (TPSA) is 63.5 Å². The number of benzene rings is 1. The number of methoxy groups -OCH3 is 1. The number of carbonyl (C=O) groups is 1. The van der Waals surface area contributed by atoms with Gasteiger partial charge in [0.05, 0.1) is 12.7 Å². The number of fused-ring (bicyclic) bond motifs is 1. The molecule has 5 heteroatoms. The highest BCUT2D eigenvalue weighted by Crippen LogP contribution is 2.35. The van der Waals surface area contributed by atoms with Gasteiger partial charge in [0, 0.05) is 35.8 Å². The second kappa shape index (κ2) is 7.48. The number of nitrogens with one attached hydrogen (secondary N) is 1. The highest BCUT2D eigenvalue weighted by molar-refractivity contribution is 6.09. The van der Waals surface area contributed by atoms with Crippen LogP contribution in [0.25, 0.3) is 10.9 Å². The fraction of sp³-hybridized carbons (Fsp3) is 0.550. The van der Waals surface area contributed by atoms with Gasteiger partial charge in [-0.25, -0.2) is 0 Å². The lowest BCUT2D eigenvalue weighted by Crippen LogP contribution is -2.37. The highest BCUT2D eigenvalue weighted by atomic mass is 16.5. The molecular formula is C20H28N2O3. The van der Waals surface area contributed by atoms with Crippen molar-refractivity contribution in [3.63, 3.8) is 0 Å². The molecule has 1 aromatic carbocycles. The van der Waals surface area contributed by atoms with Crippen LogP contribution in [0.4, 0.5) is 0 Å². The first-order valence-electron chi connectivity index (χ1n) is 9.19. The van der Waals surface area contributed by atoms with Crippen molar-refractivity contribution < 1.29 is 14.6 Å². The van der Waals surface area contributed by atoms with Crippen LogP contribution in [0.3, 0.4) is 0 Å². The molecule has 1 aromatic heterocycles. The van der Waals surface area contributed by atoms with Crippen molar-refractivity contribution in [2.45, 2.75) is 52.1 Å². The van der Waals surface area contributed by atoms with Gasteiger partial charge in [-0.05, 0) is 56.7 Å². The summed E-state index contributed by atoms with van der Waals surface area (Å²) in [5.41, 5.74) is 2.78. The standard InChI is InChI=1S/C20H28N2O3/c1-4-10-22-13(2)19(16-12-15(25-3)7-8-18(16)22)20(24)21-17(9-11-23)14-5-6-14/h7-8,12,14,17,23H,4-6,9-11H2,1-3H3,(H,21,24). The molecule has 5 nitrogen and oxygen atoms in total. The molecule has 2 N–H and O–H groups in total. The number of aliphatic hydroxyl groups excluding tert-OH is 1. The zero-order chi connectivity index (χ0) is 18.0. The van der Waals surface area contributed by atoms with Crippen molar-refractivity contribution in [3.8, 4) is 5.75 Å². The Hall–Kier alpha value is -2.01. The molecule has 136 valence electrons. The Morgan fingerprint density at radius 2 is 2.20 bits per heavy atom. The Morgan fingerprint density at radius 1 is 1.44 bits per heavy atom. The van der Waals surface area contributed by atoms with Gasteiger partial charge in [0.25, 0.3) is 5.91 Å². The first-order valence-corrected chi connectivity index (χ1v) is 9.19. The maximum atomic E-state index is 13.1. The average molecular weight is 344 g/mol. The van der Waals surface area contributed by atoms with Crippen LogP contribution in [0, 0.1) is 12.8 Å². The van der Waals surface area contributed by atoms with Crippen molar-refractivity contribution >= 4 is 16.8 Å². The van der Waals surface area contributed by atoms with E-state index < -0.39 is 0 Å². The van der Waals surface area contributed by atoms with E-state index in [-0.39, 0.29) is 18.6 Å². The van der Waals surface area contributed by atoms with Crippen LogP contribution in [0.5, 0.6) is 5.75 Å². The van der Waals surface area contributed by atoms with Gasteiger partial charge in [-0.15, -0.1) is 0 Å². The molecule has 1 heterocycles. The molecule has 25 heavy (non-hydrogen) atoms. The van der Waals surface area contributed by atoms with Crippen LogP contribution in [0.2, 0.25) is 0 Å². The van der Waals surface area contributed by atoms with E-state index in [9.17, 15) is 9.90 Å². The van der Waals surface area contributed by atoms with E-state index in [1.165, 1.54) is 0 Å². The number of hydrogen-bond donors (Lipinski definition) is 2. The normalized spacial score (nSPS) is 15.4.